The fraction of sp³-hybridized carbons (Fsp3) is 0.250. The van der Waals surface area contributed by atoms with Crippen LogP contribution >= 0.6 is 0 Å². The highest BCUT2D eigenvalue weighted by atomic mass is 15.2. The third-order valence-corrected chi connectivity index (χ3v) is 10.1. The van der Waals surface area contributed by atoms with Gasteiger partial charge in [0.05, 0.1) is 0 Å². The molecule has 0 unspecified atom stereocenters. The molecule has 0 aromatic heterocycles. The van der Waals surface area contributed by atoms with Crippen molar-refractivity contribution < 1.29 is 0 Å². The zero-order chi connectivity index (χ0) is 28.9. The summed E-state index contributed by atoms with van der Waals surface area (Å²) in [5, 5.41) is 0. The molecule has 0 bridgehead atoms. The van der Waals surface area contributed by atoms with Crippen LogP contribution in [0.5, 0.6) is 0 Å². The van der Waals surface area contributed by atoms with Crippen molar-refractivity contribution >= 4 is 57.2 Å². The summed E-state index contributed by atoms with van der Waals surface area (Å²) in [4.78, 5) is 5.13. The second kappa shape index (κ2) is 10.8. The van der Waals surface area contributed by atoms with Gasteiger partial charge in [-0.15, -0.1) is 0 Å². The maximum absolute atomic E-state index is 2.57. The van der Waals surface area contributed by atoms with E-state index in [9.17, 15) is 0 Å². The summed E-state index contributed by atoms with van der Waals surface area (Å²) >= 11 is 0. The molecule has 1 fully saturated rings. The predicted molar refractivity (Wildman–Crippen MR) is 185 cm³/mol. The monoisotopic (exact) mass is 558 g/mol. The molecular formula is C40H39BN2. The summed E-state index contributed by atoms with van der Waals surface area (Å²) in [5.74, 6) is 0.608. The third-order valence-electron chi connectivity index (χ3n) is 10.1. The van der Waals surface area contributed by atoms with Gasteiger partial charge in [-0.1, -0.05) is 93.8 Å². The molecule has 0 N–H and O–H groups in total. The van der Waals surface area contributed by atoms with E-state index in [-0.39, 0.29) is 6.71 Å². The Morgan fingerprint density at radius 1 is 0.558 bits per heavy atom. The molecular weight excluding hydrogens is 519 g/mol. The lowest BCUT2D eigenvalue weighted by Gasteiger charge is -2.45. The fourth-order valence-corrected chi connectivity index (χ4v) is 7.95. The van der Waals surface area contributed by atoms with E-state index >= 15 is 0 Å². The first kappa shape index (κ1) is 26.4. The summed E-state index contributed by atoms with van der Waals surface area (Å²) in [7, 11) is 0. The van der Waals surface area contributed by atoms with Crippen molar-refractivity contribution in [3.63, 3.8) is 0 Å². The lowest BCUT2D eigenvalue weighted by atomic mass is 9.33. The molecule has 3 heteroatoms. The first-order valence-corrected chi connectivity index (χ1v) is 16.4. The van der Waals surface area contributed by atoms with Crippen molar-refractivity contribution in [1.29, 1.82) is 0 Å². The molecule has 2 nitrogen and oxygen atoms in total. The van der Waals surface area contributed by atoms with Gasteiger partial charge in [-0.25, -0.2) is 0 Å². The Balaban J connectivity index is 1.49. The Bertz CT molecular complexity index is 1670. The quantitative estimate of drug-likeness (QED) is 0.195. The highest BCUT2D eigenvalue weighted by Crippen LogP contribution is 2.46. The minimum Gasteiger partial charge on any atom is -0.311 e. The topological polar surface area (TPSA) is 6.48 Å². The number of para-hydroxylation sites is 2. The molecule has 0 saturated heterocycles. The van der Waals surface area contributed by atoms with Crippen LogP contribution in [0.4, 0.5) is 34.1 Å². The molecule has 1 saturated carbocycles. The van der Waals surface area contributed by atoms with Gasteiger partial charge in [0, 0.05) is 34.1 Å². The Kier molecular flexibility index (Phi) is 6.63. The number of hydrogen-bond donors (Lipinski definition) is 0. The standard InChI is InChI=1S/C40H39BN2/c1-3-28-20-22-36-34(24-28)41-35-25-29(4-2)21-23-37(35)43(33-18-12-7-13-19-33)39-27-31(30-14-8-5-9-15-30)26-38(40(39)41)42(36)32-16-10-6-11-17-32/h6-7,10-13,16-27,30H,3-5,8-9,14-15H2,1-2H3. The fourth-order valence-electron chi connectivity index (χ4n) is 7.95. The van der Waals surface area contributed by atoms with Crippen LogP contribution in [0.3, 0.4) is 0 Å². The average molecular weight is 559 g/mol. The van der Waals surface area contributed by atoms with Gasteiger partial charge in [0.15, 0.2) is 0 Å². The number of fused-ring (bicyclic) bond motifs is 4. The molecule has 212 valence electrons. The van der Waals surface area contributed by atoms with Gasteiger partial charge in [-0.3, -0.25) is 0 Å². The Hall–Kier alpha value is -4.24. The molecule has 3 aliphatic rings. The van der Waals surface area contributed by atoms with Crippen molar-refractivity contribution in [2.24, 2.45) is 0 Å². The largest absolute Gasteiger partial charge is 0.311 e. The second-order valence-corrected chi connectivity index (χ2v) is 12.6. The minimum absolute atomic E-state index is 0.188. The summed E-state index contributed by atoms with van der Waals surface area (Å²) in [6.45, 7) is 4.74. The SMILES string of the molecule is CCc1ccc2c(c1)B1c3cc(CC)ccc3N(c3ccccc3)c3cc(C4CCCCC4)cc(c31)N2c1ccccc1. The van der Waals surface area contributed by atoms with E-state index in [1.54, 1.807) is 0 Å². The molecule has 5 aromatic rings. The van der Waals surface area contributed by atoms with Crippen molar-refractivity contribution in [3.8, 4) is 0 Å². The zero-order valence-corrected chi connectivity index (χ0v) is 25.4. The van der Waals surface area contributed by atoms with Gasteiger partial charge in [-0.2, -0.15) is 0 Å². The lowest BCUT2D eigenvalue weighted by Crippen LogP contribution is -2.61. The number of aryl methyl sites for hydroxylation is 2. The summed E-state index contributed by atoms with van der Waals surface area (Å²) in [6, 6.07) is 41.7. The first-order chi connectivity index (χ1) is 21.2. The smallest absolute Gasteiger partial charge is 0.252 e. The van der Waals surface area contributed by atoms with Crippen molar-refractivity contribution in [1.82, 2.24) is 0 Å². The van der Waals surface area contributed by atoms with Crippen LogP contribution in [0, 0.1) is 0 Å². The van der Waals surface area contributed by atoms with Gasteiger partial charge in [0.25, 0.3) is 6.71 Å². The van der Waals surface area contributed by atoms with E-state index in [0.717, 1.165) is 12.8 Å². The lowest BCUT2D eigenvalue weighted by molar-refractivity contribution is 0.444. The van der Waals surface area contributed by atoms with Gasteiger partial charge >= 0.3 is 0 Å². The van der Waals surface area contributed by atoms with Crippen LogP contribution in [-0.4, -0.2) is 6.71 Å². The third kappa shape index (κ3) is 4.32. The molecule has 0 radical (unpaired) electrons. The molecule has 5 aromatic carbocycles. The highest BCUT2D eigenvalue weighted by molar-refractivity contribution is 7.00. The van der Waals surface area contributed by atoms with Crippen LogP contribution in [0.1, 0.15) is 68.6 Å². The Labute approximate surface area is 257 Å². The number of benzene rings is 5. The van der Waals surface area contributed by atoms with E-state index in [1.807, 2.05) is 0 Å². The van der Waals surface area contributed by atoms with Crippen LogP contribution in [0.15, 0.2) is 109 Å². The number of hydrogen-bond acceptors (Lipinski definition) is 2. The van der Waals surface area contributed by atoms with Crippen molar-refractivity contribution in [3.05, 3.63) is 126 Å². The van der Waals surface area contributed by atoms with Crippen LogP contribution in [-0.2, 0) is 12.8 Å². The maximum atomic E-state index is 2.57. The molecule has 1 aliphatic carbocycles. The minimum atomic E-state index is 0.188. The number of nitrogens with zero attached hydrogens (tertiary/aromatic N) is 2. The average Bonchev–Trinajstić information content (AvgIpc) is 3.08. The highest BCUT2D eigenvalue weighted by Gasteiger charge is 2.44. The summed E-state index contributed by atoms with van der Waals surface area (Å²) < 4.78 is 0. The Morgan fingerprint density at radius 2 is 1.05 bits per heavy atom. The normalized spacial score (nSPS) is 15.6. The molecule has 2 aliphatic heterocycles. The second-order valence-electron chi connectivity index (χ2n) is 12.6. The van der Waals surface area contributed by atoms with E-state index in [2.05, 4.69) is 133 Å². The van der Waals surface area contributed by atoms with Gasteiger partial charge in [0.1, 0.15) is 0 Å². The van der Waals surface area contributed by atoms with Crippen LogP contribution < -0.4 is 26.2 Å². The molecule has 2 heterocycles. The van der Waals surface area contributed by atoms with Crippen molar-refractivity contribution in [2.45, 2.75) is 64.7 Å². The maximum Gasteiger partial charge on any atom is 0.252 e. The van der Waals surface area contributed by atoms with E-state index < -0.39 is 0 Å². The first-order valence-electron chi connectivity index (χ1n) is 16.4. The molecule has 0 amide bonds. The van der Waals surface area contributed by atoms with E-state index in [0.29, 0.717) is 5.92 Å². The summed E-state index contributed by atoms with van der Waals surface area (Å²) in [6.07, 6.45) is 8.65. The van der Waals surface area contributed by atoms with Crippen molar-refractivity contribution in [2.75, 3.05) is 9.80 Å². The van der Waals surface area contributed by atoms with E-state index in [4.69, 9.17) is 0 Å². The van der Waals surface area contributed by atoms with Gasteiger partial charge in [0.2, 0.25) is 0 Å². The molecule has 0 spiro atoms. The van der Waals surface area contributed by atoms with E-state index in [1.165, 1.54) is 99.3 Å². The Morgan fingerprint density at radius 3 is 1.51 bits per heavy atom. The molecule has 8 rings (SSSR count). The van der Waals surface area contributed by atoms with Crippen LogP contribution in [0.2, 0.25) is 0 Å². The van der Waals surface area contributed by atoms with Gasteiger partial charge < -0.3 is 9.80 Å². The zero-order valence-electron chi connectivity index (χ0n) is 25.4. The molecule has 0 atom stereocenters. The van der Waals surface area contributed by atoms with Gasteiger partial charge in [-0.05, 0) is 113 Å². The van der Waals surface area contributed by atoms with Crippen LogP contribution in [0.25, 0.3) is 0 Å². The number of anilines is 6. The number of rotatable bonds is 5. The molecule has 43 heavy (non-hydrogen) atoms. The predicted octanol–water partition coefficient (Wildman–Crippen LogP) is 8.94. The summed E-state index contributed by atoms with van der Waals surface area (Å²) in [5.41, 5.74) is 16.4.